The highest BCUT2D eigenvalue weighted by atomic mass is 16.5. The van der Waals surface area contributed by atoms with Gasteiger partial charge in [0.25, 0.3) is 0 Å². The second-order valence-electron chi connectivity index (χ2n) is 5.11. The van der Waals surface area contributed by atoms with E-state index in [0.29, 0.717) is 12.5 Å². The average molecular weight is 246 g/mol. The maximum Gasteiger partial charge on any atom is 0.165 e. The molecule has 96 valence electrons. The third kappa shape index (κ3) is 2.91. The van der Waals surface area contributed by atoms with Crippen LogP contribution in [0.3, 0.4) is 0 Å². The molecule has 2 aliphatic rings. The van der Waals surface area contributed by atoms with Crippen molar-refractivity contribution in [2.75, 3.05) is 6.61 Å². The average Bonchev–Trinajstić information content (AvgIpc) is 3.04. The molecule has 3 heteroatoms. The van der Waals surface area contributed by atoms with Gasteiger partial charge in [-0.2, -0.15) is 0 Å². The lowest BCUT2D eigenvalue weighted by Crippen LogP contribution is -2.12. The molecule has 0 amide bonds. The lowest BCUT2D eigenvalue weighted by molar-refractivity contribution is 0.0775. The number of rotatable bonds is 5. The van der Waals surface area contributed by atoms with E-state index in [0.717, 1.165) is 43.6 Å². The van der Waals surface area contributed by atoms with Crippen LogP contribution in [0.15, 0.2) is 24.3 Å². The first-order chi connectivity index (χ1) is 8.81. The SMILES string of the molecule is O=C(CC1CCCO1)c1cccc(OC2CC2)c1. The molecule has 1 atom stereocenters. The van der Waals surface area contributed by atoms with Gasteiger partial charge in [-0.25, -0.2) is 0 Å². The van der Waals surface area contributed by atoms with E-state index < -0.39 is 0 Å². The Bertz CT molecular complexity index is 431. The summed E-state index contributed by atoms with van der Waals surface area (Å²) in [6, 6.07) is 7.52. The standard InChI is InChI=1S/C15H18O3/c16-15(10-13-5-2-8-17-13)11-3-1-4-14(9-11)18-12-6-7-12/h1,3-4,9,12-13H,2,5-8,10H2. The van der Waals surface area contributed by atoms with E-state index in [-0.39, 0.29) is 11.9 Å². The topological polar surface area (TPSA) is 35.5 Å². The Hall–Kier alpha value is -1.35. The molecule has 1 aromatic carbocycles. The van der Waals surface area contributed by atoms with E-state index in [4.69, 9.17) is 9.47 Å². The highest BCUT2D eigenvalue weighted by Crippen LogP contribution is 2.27. The molecule has 1 aromatic rings. The van der Waals surface area contributed by atoms with Crippen LogP contribution in [-0.4, -0.2) is 24.6 Å². The van der Waals surface area contributed by atoms with E-state index in [1.807, 2.05) is 24.3 Å². The zero-order chi connectivity index (χ0) is 12.4. The third-order valence-electron chi connectivity index (χ3n) is 3.42. The number of hydrogen-bond donors (Lipinski definition) is 0. The van der Waals surface area contributed by atoms with E-state index in [9.17, 15) is 4.79 Å². The van der Waals surface area contributed by atoms with Crippen molar-refractivity contribution in [2.24, 2.45) is 0 Å². The van der Waals surface area contributed by atoms with Gasteiger partial charge in [-0.1, -0.05) is 12.1 Å². The Kier molecular flexibility index (Phi) is 3.33. The fraction of sp³-hybridized carbons (Fsp3) is 0.533. The van der Waals surface area contributed by atoms with E-state index in [2.05, 4.69) is 0 Å². The minimum atomic E-state index is 0.116. The van der Waals surface area contributed by atoms with Crippen molar-refractivity contribution in [3.63, 3.8) is 0 Å². The van der Waals surface area contributed by atoms with E-state index in [1.54, 1.807) is 0 Å². The van der Waals surface area contributed by atoms with Crippen LogP contribution >= 0.6 is 0 Å². The van der Waals surface area contributed by atoms with Crippen molar-refractivity contribution in [3.05, 3.63) is 29.8 Å². The summed E-state index contributed by atoms with van der Waals surface area (Å²) in [5, 5.41) is 0. The number of benzene rings is 1. The van der Waals surface area contributed by atoms with Crippen LogP contribution in [-0.2, 0) is 4.74 Å². The number of carbonyl (C=O) groups is 1. The molecular formula is C15H18O3. The van der Waals surface area contributed by atoms with Gasteiger partial charge in [0.1, 0.15) is 5.75 Å². The molecule has 0 N–H and O–H groups in total. The van der Waals surface area contributed by atoms with Crippen molar-refractivity contribution < 1.29 is 14.3 Å². The molecule has 3 nitrogen and oxygen atoms in total. The van der Waals surface area contributed by atoms with Gasteiger partial charge in [0.2, 0.25) is 0 Å². The molecule has 1 heterocycles. The molecule has 0 aromatic heterocycles. The predicted molar refractivity (Wildman–Crippen MR) is 68.0 cm³/mol. The van der Waals surface area contributed by atoms with Crippen molar-refractivity contribution in [2.45, 2.75) is 44.3 Å². The monoisotopic (exact) mass is 246 g/mol. The summed E-state index contributed by atoms with van der Waals surface area (Å²) in [6.07, 6.45) is 5.32. The third-order valence-corrected chi connectivity index (χ3v) is 3.42. The Labute approximate surface area is 107 Å². The first kappa shape index (κ1) is 11.7. The second-order valence-corrected chi connectivity index (χ2v) is 5.11. The van der Waals surface area contributed by atoms with Crippen LogP contribution < -0.4 is 4.74 Å². The molecule has 1 aliphatic carbocycles. The van der Waals surface area contributed by atoms with Gasteiger partial charge in [-0.05, 0) is 37.8 Å². The van der Waals surface area contributed by atoms with Gasteiger partial charge in [-0.3, -0.25) is 4.79 Å². The molecule has 1 saturated heterocycles. The van der Waals surface area contributed by atoms with Gasteiger partial charge in [0.05, 0.1) is 12.2 Å². The van der Waals surface area contributed by atoms with E-state index >= 15 is 0 Å². The molecule has 18 heavy (non-hydrogen) atoms. The molecule has 1 unspecified atom stereocenters. The normalized spacial score (nSPS) is 23.0. The summed E-state index contributed by atoms with van der Waals surface area (Å²) >= 11 is 0. The molecule has 2 fully saturated rings. The Morgan fingerprint density at radius 1 is 1.33 bits per heavy atom. The van der Waals surface area contributed by atoms with E-state index in [1.165, 1.54) is 0 Å². The first-order valence-electron chi connectivity index (χ1n) is 6.73. The van der Waals surface area contributed by atoms with Gasteiger partial charge >= 0.3 is 0 Å². The molecule has 1 saturated carbocycles. The number of ether oxygens (including phenoxy) is 2. The highest BCUT2D eigenvalue weighted by Gasteiger charge is 2.24. The summed E-state index contributed by atoms with van der Waals surface area (Å²) in [4.78, 5) is 12.1. The van der Waals surface area contributed by atoms with Crippen LogP contribution in [0, 0.1) is 0 Å². The van der Waals surface area contributed by atoms with Gasteiger partial charge in [0.15, 0.2) is 5.78 Å². The fourth-order valence-corrected chi connectivity index (χ4v) is 2.25. The Morgan fingerprint density at radius 3 is 2.94 bits per heavy atom. The van der Waals surface area contributed by atoms with Crippen LogP contribution in [0.4, 0.5) is 0 Å². The zero-order valence-electron chi connectivity index (χ0n) is 10.4. The maximum absolute atomic E-state index is 12.1. The smallest absolute Gasteiger partial charge is 0.165 e. The number of hydrogen-bond acceptors (Lipinski definition) is 3. The lowest BCUT2D eigenvalue weighted by atomic mass is 10.0. The largest absolute Gasteiger partial charge is 0.490 e. The Balaban J connectivity index is 1.64. The second kappa shape index (κ2) is 5.11. The van der Waals surface area contributed by atoms with Crippen LogP contribution in [0.1, 0.15) is 42.5 Å². The number of Topliss-reactive ketones (excluding diaryl/α,β-unsaturated/α-hetero) is 1. The zero-order valence-corrected chi connectivity index (χ0v) is 10.4. The summed E-state index contributed by atoms with van der Waals surface area (Å²) < 4.78 is 11.2. The molecule has 0 radical (unpaired) electrons. The van der Waals surface area contributed by atoms with Crippen molar-refractivity contribution >= 4 is 5.78 Å². The van der Waals surface area contributed by atoms with Crippen LogP contribution in [0.25, 0.3) is 0 Å². The predicted octanol–water partition coefficient (Wildman–Crippen LogP) is 2.98. The molecule has 1 aliphatic heterocycles. The van der Waals surface area contributed by atoms with Crippen molar-refractivity contribution in [1.29, 1.82) is 0 Å². The van der Waals surface area contributed by atoms with Crippen molar-refractivity contribution in [3.8, 4) is 5.75 Å². The molecule has 0 bridgehead atoms. The van der Waals surface area contributed by atoms with Gasteiger partial charge < -0.3 is 9.47 Å². The summed E-state index contributed by atoms with van der Waals surface area (Å²) in [6.45, 7) is 0.794. The summed E-state index contributed by atoms with van der Waals surface area (Å²) in [5.74, 6) is 0.971. The molecule has 3 rings (SSSR count). The quantitative estimate of drug-likeness (QED) is 0.749. The minimum absolute atomic E-state index is 0.116. The number of ketones is 1. The highest BCUT2D eigenvalue weighted by molar-refractivity contribution is 5.96. The van der Waals surface area contributed by atoms with Gasteiger partial charge in [-0.15, -0.1) is 0 Å². The molecular weight excluding hydrogens is 228 g/mol. The Morgan fingerprint density at radius 2 is 2.22 bits per heavy atom. The van der Waals surface area contributed by atoms with Crippen molar-refractivity contribution in [1.82, 2.24) is 0 Å². The van der Waals surface area contributed by atoms with Gasteiger partial charge in [0, 0.05) is 18.6 Å². The fourth-order valence-electron chi connectivity index (χ4n) is 2.25. The summed E-state index contributed by atoms with van der Waals surface area (Å²) in [7, 11) is 0. The molecule has 0 spiro atoms. The minimum Gasteiger partial charge on any atom is -0.490 e. The lowest BCUT2D eigenvalue weighted by Gasteiger charge is -2.09. The maximum atomic E-state index is 12.1. The van der Waals surface area contributed by atoms with Crippen LogP contribution in [0.5, 0.6) is 5.75 Å². The first-order valence-corrected chi connectivity index (χ1v) is 6.73. The number of carbonyl (C=O) groups excluding carboxylic acids is 1. The van der Waals surface area contributed by atoms with Crippen LogP contribution in [0.2, 0.25) is 0 Å². The summed E-state index contributed by atoms with van der Waals surface area (Å²) in [5.41, 5.74) is 0.739.